The molecule has 0 saturated heterocycles. The molecular weight excluding hydrogens is 349 g/mol. The van der Waals surface area contributed by atoms with E-state index in [9.17, 15) is 9.18 Å². The predicted octanol–water partition coefficient (Wildman–Crippen LogP) is 3.94. The minimum Gasteiger partial charge on any atom is -0.484 e. The van der Waals surface area contributed by atoms with Gasteiger partial charge in [0, 0.05) is 0 Å². The highest BCUT2D eigenvalue weighted by atomic mass is 19.1. The number of amides is 1. The summed E-state index contributed by atoms with van der Waals surface area (Å²) in [6.07, 6.45) is 0.479. The van der Waals surface area contributed by atoms with Gasteiger partial charge in [0.15, 0.2) is 6.61 Å². The van der Waals surface area contributed by atoms with Gasteiger partial charge in [0.2, 0.25) is 5.89 Å². The molecule has 0 atom stereocenters. The summed E-state index contributed by atoms with van der Waals surface area (Å²) in [5.74, 6) is 0.450. The summed E-state index contributed by atoms with van der Waals surface area (Å²) in [6.45, 7) is 4.03. The van der Waals surface area contributed by atoms with Gasteiger partial charge in [-0.15, -0.1) is 5.10 Å². The van der Waals surface area contributed by atoms with Crippen LogP contribution in [-0.2, 0) is 11.2 Å². The highest BCUT2D eigenvalue weighted by Crippen LogP contribution is 2.17. The fourth-order valence-electron chi connectivity index (χ4n) is 2.41. The van der Waals surface area contributed by atoms with Crippen LogP contribution in [0.15, 0.2) is 52.9 Å². The Balaban J connectivity index is 1.51. The maximum atomic E-state index is 12.8. The van der Waals surface area contributed by atoms with Gasteiger partial charge in [-0.2, -0.15) is 0 Å². The summed E-state index contributed by atoms with van der Waals surface area (Å²) < 4.78 is 23.5. The molecule has 0 spiro atoms. The van der Waals surface area contributed by atoms with E-state index in [1.165, 1.54) is 29.8 Å². The fraction of sp³-hybridized carbons (Fsp3) is 0.250. The van der Waals surface area contributed by atoms with Crippen LogP contribution in [-0.4, -0.2) is 22.7 Å². The number of ether oxygens (including phenoxy) is 1. The van der Waals surface area contributed by atoms with E-state index in [0.717, 1.165) is 5.56 Å². The quantitative estimate of drug-likeness (QED) is 0.683. The average Bonchev–Trinajstić information content (AvgIpc) is 3.08. The van der Waals surface area contributed by atoms with E-state index in [4.69, 9.17) is 9.15 Å². The third kappa shape index (κ3) is 5.37. The van der Waals surface area contributed by atoms with Crippen LogP contribution in [0, 0.1) is 5.82 Å². The zero-order valence-electron chi connectivity index (χ0n) is 15.1. The largest absolute Gasteiger partial charge is 0.484 e. The van der Waals surface area contributed by atoms with E-state index in [-0.39, 0.29) is 18.4 Å². The van der Waals surface area contributed by atoms with Gasteiger partial charge in [0.25, 0.3) is 5.91 Å². The molecule has 3 rings (SSSR count). The first-order valence-electron chi connectivity index (χ1n) is 8.59. The normalized spacial score (nSPS) is 10.8. The molecule has 0 aliphatic heterocycles. The smallest absolute Gasteiger partial charge is 0.322 e. The Hall–Kier alpha value is -3.22. The Kier molecular flexibility index (Phi) is 5.80. The fourth-order valence-corrected chi connectivity index (χ4v) is 2.41. The van der Waals surface area contributed by atoms with Crippen LogP contribution < -0.4 is 10.1 Å². The summed E-state index contributed by atoms with van der Waals surface area (Å²) >= 11 is 0. The van der Waals surface area contributed by atoms with Gasteiger partial charge < -0.3 is 9.15 Å². The van der Waals surface area contributed by atoms with Crippen molar-refractivity contribution in [3.8, 4) is 5.75 Å². The van der Waals surface area contributed by atoms with E-state index >= 15 is 0 Å². The molecule has 0 radical (unpaired) electrons. The Bertz CT molecular complexity index is 890. The van der Waals surface area contributed by atoms with Crippen molar-refractivity contribution >= 4 is 11.9 Å². The number of nitrogens with one attached hydrogen (secondary N) is 1. The van der Waals surface area contributed by atoms with Gasteiger partial charge in [-0.3, -0.25) is 10.1 Å². The van der Waals surface area contributed by atoms with Crippen molar-refractivity contribution in [2.45, 2.75) is 26.2 Å². The van der Waals surface area contributed by atoms with Crippen molar-refractivity contribution in [3.05, 3.63) is 71.4 Å². The Morgan fingerprint density at radius 1 is 1.11 bits per heavy atom. The third-order valence-electron chi connectivity index (χ3n) is 3.90. The van der Waals surface area contributed by atoms with Gasteiger partial charge >= 0.3 is 6.01 Å². The maximum absolute atomic E-state index is 12.8. The molecule has 0 bridgehead atoms. The van der Waals surface area contributed by atoms with Crippen LogP contribution in [0.25, 0.3) is 0 Å². The second-order valence-electron chi connectivity index (χ2n) is 6.36. The molecule has 1 N–H and O–H groups in total. The van der Waals surface area contributed by atoms with Crippen molar-refractivity contribution in [1.82, 2.24) is 10.2 Å². The lowest BCUT2D eigenvalue weighted by atomic mass is 10.0. The highest BCUT2D eigenvalue weighted by Gasteiger charge is 2.11. The molecule has 2 aromatic carbocycles. The van der Waals surface area contributed by atoms with E-state index in [1.54, 1.807) is 0 Å². The predicted molar refractivity (Wildman–Crippen MR) is 98.2 cm³/mol. The monoisotopic (exact) mass is 369 g/mol. The molecule has 6 nitrogen and oxygen atoms in total. The lowest BCUT2D eigenvalue weighted by Crippen LogP contribution is -2.20. The molecule has 7 heteroatoms. The number of aromatic nitrogens is 2. The van der Waals surface area contributed by atoms with E-state index in [0.29, 0.717) is 24.0 Å². The van der Waals surface area contributed by atoms with Gasteiger partial charge in [0.1, 0.15) is 11.6 Å². The Morgan fingerprint density at radius 2 is 1.81 bits per heavy atom. The third-order valence-corrected chi connectivity index (χ3v) is 3.90. The van der Waals surface area contributed by atoms with E-state index < -0.39 is 5.91 Å². The molecule has 1 heterocycles. The van der Waals surface area contributed by atoms with Crippen LogP contribution in [0.4, 0.5) is 10.4 Å². The number of nitrogens with zero attached hydrogens (tertiary/aromatic N) is 2. The van der Waals surface area contributed by atoms with Crippen molar-refractivity contribution < 1.29 is 18.3 Å². The molecule has 0 unspecified atom stereocenters. The lowest BCUT2D eigenvalue weighted by Gasteiger charge is -2.05. The number of carbonyl (C=O) groups excluding carboxylic acids is 1. The average molecular weight is 369 g/mol. The zero-order chi connectivity index (χ0) is 19.2. The number of hydrogen-bond donors (Lipinski definition) is 1. The summed E-state index contributed by atoms with van der Waals surface area (Å²) in [4.78, 5) is 11.9. The molecule has 27 heavy (non-hydrogen) atoms. The molecule has 3 aromatic rings. The molecule has 0 fully saturated rings. The van der Waals surface area contributed by atoms with Gasteiger partial charge in [-0.25, -0.2) is 4.39 Å². The van der Waals surface area contributed by atoms with Crippen molar-refractivity contribution in [2.24, 2.45) is 0 Å². The summed E-state index contributed by atoms with van der Waals surface area (Å²) in [5.41, 5.74) is 2.30. The molecule has 0 aliphatic rings. The van der Waals surface area contributed by atoms with Gasteiger partial charge in [-0.1, -0.05) is 43.2 Å². The minimum atomic E-state index is -0.448. The highest BCUT2D eigenvalue weighted by molar-refractivity contribution is 5.89. The first-order valence-corrected chi connectivity index (χ1v) is 8.59. The minimum absolute atomic E-state index is 0.0107. The summed E-state index contributed by atoms with van der Waals surface area (Å²) in [6, 6.07) is 13.6. The van der Waals surface area contributed by atoms with Crippen molar-refractivity contribution in [1.29, 1.82) is 0 Å². The van der Waals surface area contributed by atoms with E-state index in [1.807, 2.05) is 12.1 Å². The molecule has 0 aliphatic carbocycles. The van der Waals surface area contributed by atoms with Gasteiger partial charge in [-0.05, 0) is 41.3 Å². The number of anilines is 1. The van der Waals surface area contributed by atoms with Crippen LogP contribution in [0.3, 0.4) is 0 Å². The Morgan fingerprint density at radius 3 is 2.48 bits per heavy atom. The molecule has 1 aromatic heterocycles. The Labute approximate surface area is 156 Å². The molecular formula is C20H20FN3O3. The number of benzene rings is 2. The number of halogens is 1. The number of carbonyl (C=O) groups is 1. The van der Waals surface area contributed by atoms with E-state index in [2.05, 4.69) is 41.5 Å². The topological polar surface area (TPSA) is 77.2 Å². The summed E-state index contributed by atoms with van der Waals surface area (Å²) in [5, 5.41) is 10.2. The van der Waals surface area contributed by atoms with Crippen molar-refractivity contribution in [2.75, 3.05) is 11.9 Å². The molecule has 1 amide bonds. The first-order chi connectivity index (χ1) is 13.0. The lowest BCUT2D eigenvalue weighted by molar-refractivity contribution is -0.118. The number of hydrogen-bond acceptors (Lipinski definition) is 5. The SMILES string of the molecule is CC(C)c1ccc(Cc2nnc(NC(=O)COc3ccc(F)cc3)o2)cc1. The molecule has 140 valence electrons. The summed E-state index contributed by atoms with van der Waals surface area (Å²) in [7, 11) is 0. The van der Waals surface area contributed by atoms with Crippen LogP contribution in [0.5, 0.6) is 5.75 Å². The zero-order valence-corrected chi connectivity index (χ0v) is 15.1. The van der Waals surface area contributed by atoms with Gasteiger partial charge in [0.05, 0.1) is 6.42 Å². The maximum Gasteiger partial charge on any atom is 0.322 e. The second-order valence-corrected chi connectivity index (χ2v) is 6.36. The first kappa shape index (κ1) is 18.6. The van der Waals surface area contributed by atoms with Crippen LogP contribution >= 0.6 is 0 Å². The second kappa shape index (κ2) is 8.44. The molecule has 0 saturated carbocycles. The van der Waals surface area contributed by atoms with Crippen LogP contribution in [0.1, 0.15) is 36.8 Å². The standard InChI is InChI=1S/C20H20FN3O3/c1-13(2)15-5-3-14(4-6-15)11-19-23-24-20(27-19)22-18(25)12-26-17-9-7-16(21)8-10-17/h3-10,13H,11-12H2,1-2H3,(H,22,24,25). The number of rotatable bonds is 7. The van der Waals surface area contributed by atoms with Crippen LogP contribution in [0.2, 0.25) is 0 Å². The van der Waals surface area contributed by atoms with Crippen molar-refractivity contribution in [3.63, 3.8) is 0 Å².